The van der Waals surface area contributed by atoms with E-state index < -0.39 is 0 Å². The Kier molecular flexibility index (Phi) is 4.28. The molecule has 0 aromatic heterocycles. The zero-order valence-corrected chi connectivity index (χ0v) is 12.7. The number of piperidine rings is 1. The molecule has 0 spiro atoms. The van der Waals surface area contributed by atoms with Gasteiger partial charge in [-0.15, -0.1) is 0 Å². The van der Waals surface area contributed by atoms with Crippen molar-refractivity contribution in [2.75, 3.05) is 26.3 Å². The minimum atomic E-state index is 0.743. The lowest BCUT2D eigenvalue weighted by Gasteiger charge is -2.23. The van der Waals surface area contributed by atoms with Gasteiger partial charge in [0.25, 0.3) is 0 Å². The fourth-order valence-electron chi connectivity index (χ4n) is 2.78. The highest BCUT2D eigenvalue weighted by atomic mass is 79.9. The summed E-state index contributed by atoms with van der Waals surface area (Å²) in [6, 6.07) is 4.23. The molecule has 1 fully saturated rings. The van der Waals surface area contributed by atoms with Crippen LogP contribution in [0.4, 0.5) is 0 Å². The number of benzene rings is 1. The predicted octanol–water partition coefficient (Wildman–Crippen LogP) is 3.15. The van der Waals surface area contributed by atoms with Crippen molar-refractivity contribution in [2.45, 2.75) is 25.7 Å². The average Bonchev–Trinajstić information content (AvgIpc) is 2.65. The second kappa shape index (κ2) is 6.14. The molecule has 1 aromatic carbocycles. The standard InChI is InChI=1S/C15H20BrNO2/c16-13-10-15-14(18-6-1-7-19-15)9-12(13)8-11-2-4-17-5-3-11/h9-11,17H,1-8H2. The molecule has 3 nitrogen and oxygen atoms in total. The van der Waals surface area contributed by atoms with E-state index >= 15 is 0 Å². The van der Waals surface area contributed by atoms with E-state index in [-0.39, 0.29) is 0 Å². The Bertz CT molecular complexity index is 444. The molecule has 0 bridgehead atoms. The lowest BCUT2D eigenvalue weighted by molar-refractivity contribution is 0.297. The summed E-state index contributed by atoms with van der Waals surface area (Å²) in [6.45, 7) is 3.79. The van der Waals surface area contributed by atoms with Gasteiger partial charge in [-0.25, -0.2) is 0 Å². The Morgan fingerprint density at radius 3 is 2.53 bits per heavy atom. The fraction of sp³-hybridized carbons (Fsp3) is 0.600. The van der Waals surface area contributed by atoms with E-state index in [4.69, 9.17) is 9.47 Å². The maximum atomic E-state index is 5.78. The second-order valence-electron chi connectivity index (χ2n) is 5.34. The van der Waals surface area contributed by atoms with E-state index in [9.17, 15) is 0 Å². The van der Waals surface area contributed by atoms with E-state index in [2.05, 4.69) is 33.4 Å². The lowest BCUT2D eigenvalue weighted by Crippen LogP contribution is -2.28. The summed E-state index contributed by atoms with van der Waals surface area (Å²) < 4.78 is 12.6. The maximum absolute atomic E-state index is 5.78. The van der Waals surface area contributed by atoms with Crippen LogP contribution in [-0.2, 0) is 6.42 Å². The number of halogens is 1. The highest BCUT2D eigenvalue weighted by Gasteiger charge is 2.18. The first-order valence-corrected chi connectivity index (χ1v) is 7.91. The topological polar surface area (TPSA) is 30.5 Å². The lowest BCUT2D eigenvalue weighted by atomic mass is 9.91. The van der Waals surface area contributed by atoms with Gasteiger partial charge in [-0.2, -0.15) is 0 Å². The fourth-order valence-corrected chi connectivity index (χ4v) is 3.26. The summed E-state index contributed by atoms with van der Waals surface area (Å²) in [5.74, 6) is 2.56. The normalized spacial score (nSPS) is 20.1. The van der Waals surface area contributed by atoms with E-state index in [1.54, 1.807) is 0 Å². The van der Waals surface area contributed by atoms with E-state index in [0.29, 0.717) is 0 Å². The molecule has 0 unspecified atom stereocenters. The summed E-state index contributed by atoms with van der Waals surface area (Å²) >= 11 is 3.68. The Morgan fingerprint density at radius 2 is 1.79 bits per heavy atom. The van der Waals surface area contributed by atoms with Crippen molar-refractivity contribution in [3.63, 3.8) is 0 Å². The molecule has 1 N–H and O–H groups in total. The molecule has 4 heteroatoms. The zero-order chi connectivity index (χ0) is 13.1. The van der Waals surface area contributed by atoms with Gasteiger partial charge in [0.15, 0.2) is 11.5 Å². The van der Waals surface area contributed by atoms with Crippen LogP contribution in [0.15, 0.2) is 16.6 Å². The summed E-state index contributed by atoms with van der Waals surface area (Å²) in [7, 11) is 0. The average molecular weight is 326 g/mol. The van der Waals surface area contributed by atoms with Crippen LogP contribution in [-0.4, -0.2) is 26.3 Å². The first kappa shape index (κ1) is 13.3. The van der Waals surface area contributed by atoms with Gasteiger partial charge in [0.05, 0.1) is 13.2 Å². The van der Waals surface area contributed by atoms with Gasteiger partial charge in [-0.1, -0.05) is 15.9 Å². The summed E-state index contributed by atoms with van der Waals surface area (Å²) in [6.07, 6.45) is 4.61. The minimum absolute atomic E-state index is 0.743. The molecular weight excluding hydrogens is 306 g/mol. The molecule has 2 heterocycles. The van der Waals surface area contributed by atoms with Crippen LogP contribution in [0, 0.1) is 5.92 Å². The number of nitrogens with one attached hydrogen (secondary N) is 1. The predicted molar refractivity (Wildman–Crippen MR) is 79.0 cm³/mol. The molecule has 0 atom stereocenters. The van der Waals surface area contributed by atoms with Gasteiger partial charge in [0, 0.05) is 10.9 Å². The molecule has 0 amide bonds. The highest BCUT2D eigenvalue weighted by molar-refractivity contribution is 9.10. The first-order valence-electron chi connectivity index (χ1n) is 7.11. The molecule has 2 aliphatic rings. The van der Waals surface area contributed by atoms with E-state index in [1.807, 2.05) is 0 Å². The third-order valence-corrected chi connectivity index (χ3v) is 4.62. The van der Waals surface area contributed by atoms with Crippen molar-refractivity contribution in [3.05, 3.63) is 22.2 Å². The molecule has 0 saturated carbocycles. The smallest absolute Gasteiger partial charge is 0.162 e. The third-order valence-electron chi connectivity index (χ3n) is 3.88. The van der Waals surface area contributed by atoms with Crippen molar-refractivity contribution < 1.29 is 9.47 Å². The summed E-state index contributed by atoms with van der Waals surface area (Å²) in [5.41, 5.74) is 1.34. The number of rotatable bonds is 2. The maximum Gasteiger partial charge on any atom is 0.162 e. The molecule has 1 saturated heterocycles. The van der Waals surface area contributed by atoms with Crippen LogP contribution in [0.1, 0.15) is 24.8 Å². The van der Waals surface area contributed by atoms with Crippen LogP contribution in [0.2, 0.25) is 0 Å². The van der Waals surface area contributed by atoms with Gasteiger partial charge in [0.1, 0.15) is 0 Å². The molecule has 19 heavy (non-hydrogen) atoms. The van der Waals surface area contributed by atoms with Gasteiger partial charge < -0.3 is 14.8 Å². The first-order chi connectivity index (χ1) is 9.33. The van der Waals surface area contributed by atoms with Crippen molar-refractivity contribution in [1.29, 1.82) is 0 Å². The Balaban J connectivity index is 1.78. The number of hydrogen-bond acceptors (Lipinski definition) is 3. The van der Waals surface area contributed by atoms with Crippen LogP contribution in [0.3, 0.4) is 0 Å². The van der Waals surface area contributed by atoms with Gasteiger partial charge >= 0.3 is 0 Å². The van der Waals surface area contributed by atoms with Gasteiger partial charge in [0.2, 0.25) is 0 Å². The largest absolute Gasteiger partial charge is 0.490 e. The Labute approximate surface area is 122 Å². The molecule has 104 valence electrons. The number of hydrogen-bond donors (Lipinski definition) is 1. The van der Waals surface area contributed by atoms with Crippen molar-refractivity contribution in [3.8, 4) is 11.5 Å². The molecule has 3 rings (SSSR count). The van der Waals surface area contributed by atoms with Gasteiger partial charge in [-0.3, -0.25) is 0 Å². The SMILES string of the molecule is Brc1cc2c(cc1CC1CCNCC1)OCCCO2. The van der Waals surface area contributed by atoms with Crippen molar-refractivity contribution >= 4 is 15.9 Å². The van der Waals surface area contributed by atoms with Crippen LogP contribution < -0.4 is 14.8 Å². The van der Waals surface area contributed by atoms with Crippen molar-refractivity contribution in [1.82, 2.24) is 5.32 Å². The third kappa shape index (κ3) is 3.23. The summed E-state index contributed by atoms with van der Waals surface area (Å²) in [4.78, 5) is 0. The van der Waals surface area contributed by atoms with Crippen LogP contribution in [0.5, 0.6) is 11.5 Å². The number of fused-ring (bicyclic) bond motifs is 1. The molecule has 2 aliphatic heterocycles. The van der Waals surface area contributed by atoms with E-state index in [1.165, 1.54) is 18.4 Å². The van der Waals surface area contributed by atoms with Crippen LogP contribution in [0.25, 0.3) is 0 Å². The minimum Gasteiger partial charge on any atom is -0.490 e. The highest BCUT2D eigenvalue weighted by Crippen LogP contribution is 2.36. The monoisotopic (exact) mass is 325 g/mol. The molecule has 0 aliphatic carbocycles. The molecule has 1 aromatic rings. The van der Waals surface area contributed by atoms with Gasteiger partial charge in [-0.05, 0) is 56.0 Å². The second-order valence-corrected chi connectivity index (χ2v) is 6.19. The molecular formula is C15H20BrNO2. The molecule has 0 radical (unpaired) electrons. The Morgan fingerprint density at radius 1 is 1.11 bits per heavy atom. The zero-order valence-electron chi connectivity index (χ0n) is 11.1. The van der Waals surface area contributed by atoms with E-state index in [0.717, 1.165) is 61.0 Å². The number of ether oxygens (including phenoxy) is 2. The Hall–Kier alpha value is -0.740. The summed E-state index contributed by atoms with van der Waals surface area (Å²) in [5, 5.41) is 3.42. The quantitative estimate of drug-likeness (QED) is 0.906. The van der Waals surface area contributed by atoms with Crippen LogP contribution >= 0.6 is 15.9 Å². The van der Waals surface area contributed by atoms with Crippen molar-refractivity contribution in [2.24, 2.45) is 5.92 Å².